The van der Waals surface area contributed by atoms with E-state index in [2.05, 4.69) is 0 Å². The number of carboxylic acid groups (broad SMARTS) is 1. The fourth-order valence-corrected chi connectivity index (χ4v) is 1.61. The van der Waals surface area contributed by atoms with Gasteiger partial charge in [-0.3, -0.25) is 5.84 Å². The number of hydrogen-bond donors (Lipinski definition) is 4. The van der Waals surface area contributed by atoms with Crippen molar-refractivity contribution in [3.8, 4) is 0 Å². The number of alkyl halides is 2. The Morgan fingerprint density at radius 1 is 1.41 bits per heavy atom. The van der Waals surface area contributed by atoms with Crippen molar-refractivity contribution in [1.29, 1.82) is 0 Å². The quantitative estimate of drug-likeness (QED) is 0.247. The average molecular weight is 251 g/mol. The molecule has 1 fully saturated rings. The summed E-state index contributed by atoms with van der Waals surface area (Å²) in [6, 6.07) is 0. The van der Waals surface area contributed by atoms with Gasteiger partial charge in [0.25, 0.3) is 0 Å². The summed E-state index contributed by atoms with van der Waals surface area (Å²) in [5.41, 5.74) is 6.78. The lowest BCUT2D eigenvalue weighted by Gasteiger charge is -2.28. The lowest BCUT2D eigenvalue weighted by molar-refractivity contribution is -0.133. The van der Waals surface area contributed by atoms with Crippen LogP contribution in [0.25, 0.3) is 0 Å². The Bertz CT molecular complexity index is 323. The van der Waals surface area contributed by atoms with Crippen molar-refractivity contribution in [3.63, 3.8) is 0 Å². The SMILES string of the molecule is NN/C(C(=O)O)=C(\N)OC1CCC(F)(F)CC1. The van der Waals surface area contributed by atoms with Crippen LogP contribution in [0.15, 0.2) is 11.6 Å². The van der Waals surface area contributed by atoms with E-state index >= 15 is 0 Å². The van der Waals surface area contributed by atoms with Crippen LogP contribution in [-0.4, -0.2) is 23.1 Å². The molecule has 0 aromatic rings. The maximum atomic E-state index is 12.8. The maximum absolute atomic E-state index is 12.8. The summed E-state index contributed by atoms with van der Waals surface area (Å²) in [5.74, 6) is 0.525. The molecule has 8 heteroatoms. The highest BCUT2D eigenvalue weighted by Gasteiger charge is 2.36. The number of aliphatic carboxylic acids is 1. The molecule has 0 aliphatic heterocycles. The van der Waals surface area contributed by atoms with Crippen molar-refractivity contribution in [1.82, 2.24) is 5.43 Å². The van der Waals surface area contributed by atoms with Gasteiger partial charge in [0.1, 0.15) is 6.10 Å². The smallest absolute Gasteiger partial charge is 0.358 e. The van der Waals surface area contributed by atoms with Crippen LogP contribution in [-0.2, 0) is 9.53 Å². The molecule has 0 spiro atoms. The lowest BCUT2D eigenvalue weighted by Crippen LogP contribution is -2.34. The Morgan fingerprint density at radius 3 is 2.35 bits per heavy atom. The van der Waals surface area contributed by atoms with Crippen LogP contribution in [0.1, 0.15) is 25.7 Å². The summed E-state index contributed by atoms with van der Waals surface area (Å²) in [6.07, 6.45) is -0.819. The molecule has 0 amide bonds. The van der Waals surface area contributed by atoms with Crippen molar-refractivity contribution >= 4 is 5.97 Å². The first kappa shape index (κ1) is 13.5. The molecule has 98 valence electrons. The fraction of sp³-hybridized carbons (Fsp3) is 0.667. The van der Waals surface area contributed by atoms with Crippen LogP contribution in [0, 0.1) is 0 Å². The highest BCUT2D eigenvalue weighted by atomic mass is 19.3. The number of rotatable bonds is 4. The zero-order valence-corrected chi connectivity index (χ0v) is 9.08. The highest BCUT2D eigenvalue weighted by Crippen LogP contribution is 2.34. The van der Waals surface area contributed by atoms with Crippen LogP contribution in [0.2, 0.25) is 0 Å². The van der Waals surface area contributed by atoms with Crippen molar-refractivity contribution in [2.45, 2.75) is 37.7 Å². The molecule has 6 nitrogen and oxygen atoms in total. The van der Waals surface area contributed by atoms with Gasteiger partial charge in [-0.05, 0) is 12.8 Å². The van der Waals surface area contributed by atoms with E-state index in [0.29, 0.717) is 0 Å². The number of hydrazine groups is 1. The third-order valence-corrected chi connectivity index (χ3v) is 2.56. The van der Waals surface area contributed by atoms with E-state index in [-0.39, 0.29) is 25.7 Å². The highest BCUT2D eigenvalue weighted by molar-refractivity contribution is 5.86. The predicted molar refractivity (Wildman–Crippen MR) is 54.5 cm³/mol. The van der Waals surface area contributed by atoms with Crippen LogP contribution >= 0.6 is 0 Å². The number of nitrogens with one attached hydrogen (secondary N) is 1. The van der Waals surface area contributed by atoms with Crippen molar-refractivity contribution in [3.05, 3.63) is 11.6 Å². The van der Waals surface area contributed by atoms with E-state index in [1.165, 1.54) is 0 Å². The minimum absolute atomic E-state index is 0.130. The van der Waals surface area contributed by atoms with Crippen LogP contribution in [0.4, 0.5) is 8.78 Å². The molecule has 0 radical (unpaired) electrons. The fourth-order valence-electron chi connectivity index (χ4n) is 1.61. The van der Waals surface area contributed by atoms with Crippen molar-refractivity contribution in [2.75, 3.05) is 0 Å². The first-order chi connectivity index (χ1) is 7.85. The van der Waals surface area contributed by atoms with E-state index in [1.54, 1.807) is 0 Å². The molecule has 1 aliphatic carbocycles. The number of carbonyl (C=O) groups is 1. The number of carboxylic acids is 1. The van der Waals surface area contributed by atoms with Gasteiger partial charge in [-0.25, -0.2) is 13.6 Å². The number of ether oxygens (including phenoxy) is 1. The topological polar surface area (TPSA) is 111 Å². The first-order valence-corrected chi connectivity index (χ1v) is 5.10. The van der Waals surface area contributed by atoms with E-state index in [9.17, 15) is 13.6 Å². The van der Waals surface area contributed by atoms with E-state index in [4.69, 9.17) is 21.4 Å². The Labute approximate surface area is 96.6 Å². The van der Waals surface area contributed by atoms with Crippen molar-refractivity contribution < 1.29 is 23.4 Å². The molecule has 0 saturated heterocycles. The molecule has 0 heterocycles. The van der Waals surface area contributed by atoms with Gasteiger partial charge in [-0.15, -0.1) is 0 Å². The van der Waals surface area contributed by atoms with Crippen LogP contribution in [0.5, 0.6) is 0 Å². The van der Waals surface area contributed by atoms with Crippen molar-refractivity contribution in [2.24, 2.45) is 11.6 Å². The third-order valence-electron chi connectivity index (χ3n) is 2.56. The van der Waals surface area contributed by atoms with Crippen LogP contribution < -0.4 is 17.0 Å². The monoisotopic (exact) mass is 251 g/mol. The zero-order chi connectivity index (χ0) is 13.1. The number of nitrogens with two attached hydrogens (primary N) is 2. The van der Waals surface area contributed by atoms with Gasteiger partial charge in [-0.1, -0.05) is 0 Å². The summed E-state index contributed by atoms with van der Waals surface area (Å²) in [5, 5.41) is 8.68. The minimum Gasteiger partial charge on any atom is -0.476 e. The molecule has 0 atom stereocenters. The molecule has 0 aromatic carbocycles. The predicted octanol–water partition coefficient (Wildman–Crippen LogP) is 0.257. The molecular formula is C9H15F2N3O3. The average Bonchev–Trinajstić information content (AvgIpc) is 2.21. The van der Waals surface area contributed by atoms with Gasteiger partial charge in [0.2, 0.25) is 11.8 Å². The normalized spacial score (nSPS) is 21.6. The molecule has 1 saturated carbocycles. The molecule has 1 rings (SSSR count). The number of halogens is 2. The molecule has 17 heavy (non-hydrogen) atoms. The summed E-state index contributed by atoms with van der Waals surface area (Å²) >= 11 is 0. The standard InChI is InChI=1S/C9H15F2N3O3/c10-9(11)3-1-5(2-4-9)17-7(12)6(14-13)8(15)16/h5,14H,1-4,12-13H2,(H,15,16)/b7-6+. The Balaban J connectivity index is 2.58. The van der Waals surface area contributed by atoms with Gasteiger partial charge in [-0.2, -0.15) is 0 Å². The Hall–Kier alpha value is -1.57. The van der Waals surface area contributed by atoms with E-state index in [0.717, 1.165) is 0 Å². The Kier molecular flexibility index (Phi) is 4.11. The lowest BCUT2D eigenvalue weighted by atomic mass is 9.94. The minimum atomic E-state index is -2.67. The van der Waals surface area contributed by atoms with Crippen LogP contribution in [0.3, 0.4) is 0 Å². The zero-order valence-electron chi connectivity index (χ0n) is 9.08. The largest absolute Gasteiger partial charge is 0.476 e. The third kappa shape index (κ3) is 3.74. The second-order valence-electron chi connectivity index (χ2n) is 3.86. The number of hydrogen-bond acceptors (Lipinski definition) is 5. The van der Waals surface area contributed by atoms with Gasteiger partial charge >= 0.3 is 5.97 Å². The summed E-state index contributed by atoms with van der Waals surface area (Å²) in [6.45, 7) is 0. The molecule has 1 aliphatic rings. The van der Waals surface area contributed by atoms with E-state index < -0.39 is 29.6 Å². The summed E-state index contributed by atoms with van der Waals surface area (Å²) in [7, 11) is 0. The van der Waals surface area contributed by atoms with Gasteiger partial charge in [0.15, 0.2) is 5.70 Å². The molecule has 0 unspecified atom stereocenters. The molecule has 6 N–H and O–H groups in total. The second-order valence-corrected chi connectivity index (χ2v) is 3.86. The maximum Gasteiger partial charge on any atom is 0.358 e. The second kappa shape index (κ2) is 5.17. The Morgan fingerprint density at radius 2 is 1.94 bits per heavy atom. The molecule has 0 bridgehead atoms. The van der Waals surface area contributed by atoms with E-state index in [1.807, 2.05) is 5.43 Å². The molecule has 0 aromatic heterocycles. The summed E-state index contributed by atoms with van der Waals surface area (Å²) < 4.78 is 30.8. The molecular weight excluding hydrogens is 236 g/mol. The summed E-state index contributed by atoms with van der Waals surface area (Å²) in [4.78, 5) is 10.6. The van der Waals surface area contributed by atoms with Gasteiger partial charge in [0, 0.05) is 12.8 Å². The first-order valence-electron chi connectivity index (χ1n) is 5.10. The van der Waals surface area contributed by atoms with Gasteiger partial charge in [0.05, 0.1) is 0 Å². The van der Waals surface area contributed by atoms with Gasteiger partial charge < -0.3 is 21.0 Å².